The van der Waals surface area contributed by atoms with Crippen LogP contribution in [0.15, 0.2) is 18.2 Å². The molecule has 0 aliphatic heterocycles. The Morgan fingerprint density at radius 1 is 1.08 bits per heavy atom. The van der Waals surface area contributed by atoms with E-state index in [2.05, 4.69) is 21.7 Å². The molecule has 1 aromatic carbocycles. The van der Waals surface area contributed by atoms with E-state index < -0.39 is 12.1 Å². The van der Waals surface area contributed by atoms with Gasteiger partial charge in [0.2, 0.25) is 0 Å². The number of rotatable bonds is 4. The van der Waals surface area contributed by atoms with Crippen molar-refractivity contribution in [2.45, 2.75) is 53.1 Å². The highest BCUT2D eigenvalue weighted by Crippen LogP contribution is 2.30. The zero-order chi connectivity index (χ0) is 17.7. The van der Waals surface area contributed by atoms with Crippen LogP contribution in [0.25, 0.3) is 0 Å². The van der Waals surface area contributed by atoms with E-state index in [1.807, 2.05) is 19.9 Å². The quantitative estimate of drug-likeness (QED) is 0.464. The van der Waals surface area contributed by atoms with Crippen LogP contribution < -0.4 is 0 Å². The molecule has 0 aromatic heterocycles. The van der Waals surface area contributed by atoms with Gasteiger partial charge >= 0.3 is 12.1 Å². The Labute approximate surface area is 141 Å². The van der Waals surface area contributed by atoms with Crippen LogP contribution in [0.1, 0.15) is 54.6 Å². The van der Waals surface area contributed by atoms with Crippen molar-refractivity contribution in [1.29, 1.82) is 0 Å². The molecule has 1 saturated carbocycles. The molecule has 1 aromatic rings. The largest absolute Gasteiger partial charge is 0.543 e. The normalized spacial score (nSPS) is 23.4. The Morgan fingerprint density at radius 2 is 1.83 bits per heavy atom. The van der Waals surface area contributed by atoms with Crippen molar-refractivity contribution in [3.05, 3.63) is 34.9 Å². The summed E-state index contributed by atoms with van der Waals surface area (Å²) in [6, 6.07) is 5.25. The Hall–Kier alpha value is -2.08. The monoisotopic (exact) mass is 336 g/mol. The van der Waals surface area contributed by atoms with Gasteiger partial charge in [0.1, 0.15) is 6.10 Å². The van der Waals surface area contributed by atoms with Gasteiger partial charge < -0.3 is 4.74 Å². The van der Waals surface area contributed by atoms with E-state index in [1.54, 1.807) is 19.1 Å². The van der Waals surface area contributed by atoms with E-state index in [1.165, 1.54) is 0 Å². The third-order valence-corrected chi connectivity index (χ3v) is 4.41. The standard InChI is InChI=1S/C18H24O6/c1-11-5-7-15(13(3)9-11)17(19)22-24-23-18(20)21-16-8-6-12(2)10-14(16)4/h5,7,9,12,14,16H,6,8,10H2,1-4H3. The fourth-order valence-electron chi connectivity index (χ4n) is 3.12. The van der Waals surface area contributed by atoms with Gasteiger partial charge in [-0.3, -0.25) is 4.89 Å². The molecule has 3 atom stereocenters. The van der Waals surface area contributed by atoms with Crippen molar-refractivity contribution in [2.24, 2.45) is 11.8 Å². The first-order valence-corrected chi connectivity index (χ1v) is 8.20. The second-order valence-corrected chi connectivity index (χ2v) is 6.64. The van der Waals surface area contributed by atoms with E-state index in [9.17, 15) is 9.59 Å². The van der Waals surface area contributed by atoms with Crippen LogP contribution in [0.2, 0.25) is 0 Å². The molecule has 0 N–H and O–H groups in total. The van der Waals surface area contributed by atoms with Crippen molar-refractivity contribution < 1.29 is 29.1 Å². The van der Waals surface area contributed by atoms with Gasteiger partial charge in [0.15, 0.2) is 0 Å². The van der Waals surface area contributed by atoms with Gasteiger partial charge in [-0.15, -0.1) is 0 Å². The average molecular weight is 336 g/mol. The molecule has 2 rings (SSSR count). The van der Waals surface area contributed by atoms with Crippen molar-refractivity contribution in [1.82, 2.24) is 0 Å². The maximum absolute atomic E-state index is 11.9. The van der Waals surface area contributed by atoms with Gasteiger partial charge in [-0.1, -0.05) is 31.5 Å². The minimum Gasteiger partial charge on any atom is -0.429 e. The highest BCUT2D eigenvalue weighted by Gasteiger charge is 2.29. The molecule has 6 nitrogen and oxygen atoms in total. The minimum absolute atomic E-state index is 0.202. The fraction of sp³-hybridized carbons (Fsp3) is 0.556. The predicted molar refractivity (Wildman–Crippen MR) is 85.9 cm³/mol. The van der Waals surface area contributed by atoms with E-state index in [0.717, 1.165) is 30.4 Å². The number of hydrogen-bond donors (Lipinski definition) is 0. The molecule has 0 bridgehead atoms. The minimum atomic E-state index is -1.00. The molecular formula is C18H24O6. The van der Waals surface area contributed by atoms with Gasteiger partial charge in [0.25, 0.3) is 0 Å². The maximum Gasteiger partial charge on any atom is 0.543 e. The molecule has 0 amide bonds. The molecule has 1 fully saturated rings. The first-order valence-electron chi connectivity index (χ1n) is 8.20. The molecule has 0 heterocycles. The fourth-order valence-corrected chi connectivity index (χ4v) is 3.12. The molecule has 1 aliphatic rings. The average Bonchev–Trinajstić information content (AvgIpc) is 2.50. The zero-order valence-electron chi connectivity index (χ0n) is 14.5. The molecule has 132 valence electrons. The van der Waals surface area contributed by atoms with E-state index in [4.69, 9.17) is 4.74 Å². The summed E-state index contributed by atoms with van der Waals surface area (Å²) < 4.78 is 5.20. The smallest absolute Gasteiger partial charge is 0.429 e. The van der Waals surface area contributed by atoms with Gasteiger partial charge in [0, 0.05) is 0 Å². The third kappa shape index (κ3) is 4.96. The van der Waals surface area contributed by atoms with Crippen molar-refractivity contribution in [3.63, 3.8) is 0 Å². The summed E-state index contributed by atoms with van der Waals surface area (Å²) in [5.41, 5.74) is 2.12. The van der Waals surface area contributed by atoms with Crippen LogP contribution in [0.5, 0.6) is 0 Å². The second kappa shape index (κ2) is 8.15. The van der Waals surface area contributed by atoms with E-state index >= 15 is 0 Å². The first-order chi connectivity index (χ1) is 11.4. The van der Waals surface area contributed by atoms with Crippen LogP contribution in [0, 0.1) is 25.7 Å². The molecule has 0 saturated heterocycles. The summed E-state index contributed by atoms with van der Waals surface area (Å²) in [4.78, 5) is 32.3. The van der Waals surface area contributed by atoms with Crippen LogP contribution in [0.4, 0.5) is 4.79 Å². The molecule has 1 aliphatic carbocycles. The number of hydrogen-bond acceptors (Lipinski definition) is 6. The lowest BCUT2D eigenvalue weighted by Gasteiger charge is -2.31. The zero-order valence-corrected chi connectivity index (χ0v) is 14.5. The van der Waals surface area contributed by atoms with Crippen molar-refractivity contribution in [3.8, 4) is 0 Å². The number of carbonyl (C=O) groups is 2. The van der Waals surface area contributed by atoms with Crippen LogP contribution in [-0.4, -0.2) is 18.2 Å². The molecule has 0 radical (unpaired) electrons. The Balaban J connectivity index is 1.75. The lowest BCUT2D eigenvalue weighted by atomic mass is 9.81. The van der Waals surface area contributed by atoms with Crippen LogP contribution in [0.3, 0.4) is 0 Å². The topological polar surface area (TPSA) is 71.1 Å². The van der Waals surface area contributed by atoms with Crippen LogP contribution in [-0.2, 0) is 19.6 Å². The summed E-state index contributed by atoms with van der Waals surface area (Å²) in [6.07, 6.45) is 1.59. The van der Waals surface area contributed by atoms with E-state index in [0.29, 0.717) is 11.5 Å². The molecule has 24 heavy (non-hydrogen) atoms. The summed E-state index contributed by atoms with van der Waals surface area (Å²) in [5.74, 6) is 0.157. The number of benzene rings is 1. The molecule has 3 unspecified atom stereocenters. The van der Waals surface area contributed by atoms with Gasteiger partial charge in [-0.2, -0.15) is 0 Å². The van der Waals surface area contributed by atoms with E-state index in [-0.39, 0.29) is 12.0 Å². The third-order valence-electron chi connectivity index (χ3n) is 4.41. The van der Waals surface area contributed by atoms with Gasteiger partial charge in [-0.05, 0) is 56.6 Å². The summed E-state index contributed by atoms with van der Waals surface area (Å²) in [5, 5.41) is 4.27. The maximum atomic E-state index is 11.9. The molecular weight excluding hydrogens is 312 g/mol. The Bertz CT molecular complexity index is 597. The van der Waals surface area contributed by atoms with Gasteiger partial charge in [-0.25, -0.2) is 14.5 Å². The number of ether oxygens (including phenoxy) is 1. The first kappa shape index (κ1) is 18.3. The highest BCUT2D eigenvalue weighted by atomic mass is 17.5. The van der Waals surface area contributed by atoms with Crippen molar-refractivity contribution >= 4 is 12.1 Å². The summed E-state index contributed by atoms with van der Waals surface area (Å²) in [7, 11) is 0. The Kier molecular flexibility index (Phi) is 6.20. The van der Waals surface area contributed by atoms with Crippen LogP contribution >= 0.6 is 0 Å². The van der Waals surface area contributed by atoms with Gasteiger partial charge in [0.05, 0.1) is 10.6 Å². The number of carbonyl (C=O) groups excluding carboxylic acids is 2. The molecule has 0 spiro atoms. The number of aryl methyl sites for hydroxylation is 2. The predicted octanol–water partition coefficient (Wildman–Crippen LogP) is 4.28. The lowest BCUT2D eigenvalue weighted by Crippen LogP contribution is -2.31. The molecule has 6 heteroatoms. The highest BCUT2D eigenvalue weighted by molar-refractivity contribution is 5.90. The van der Waals surface area contributed by atoms with Crippen molar-refractivity contribution in [2.75, 3.05) is 0 Å². The SMILES string of the molecule is Cc1ccc(C(=O)OOOC(=O)OC2CCC(C)CC2C)c(C)c1. The summed E-state index contributed by atoms with van der Waals surface area (Å²) in [6.45, 7) is 7.92. The summed E-state index contributed by atoms with van der Waals surface area (Å²) >= 11 is 0. The second-order valence-electron chi connectivity index (χ2n) is 6.64. The Morgan fingerprint density at radius 3 is 2.50 bits per heavy atom. The lowest BCUT2D eigenvalue weighted by molar-refractivity contribution is -0.453.